The Morgan fingerprint density at radius 3 is 2.68 bits per heavy atom. The largest absolute Gasteiger partial charge is 0.372 e. The van der Waals surface area contributed by atoms with Gasteiger partial charge in [0.2, 0.25) is 0 Å². The Morgan fingerprint density at radius 1 is 1.32 bits per heavy atom. The highest BCUT2D eigenvalue weighted by atomic mass is 35.5. The van der Waals surface area contributed by atoms with E-state index in [2.05, 4.69) is 22.2 Å². The number of aromatic nitrogens is 2. The van der Waals surface area contributed by atoms with Gasteiger partial charge < -0.3 is 15.0 Å². The van der Waals surface area contributed by atoms with Crippen molar-refractivity contribution in [3.8, 4) is 0 Å². The van der Waals surface area contributed by atoms with Crippen LogP contribution >= 0.6 is 24.8 Å². The van der Waals surface area contributed by atoms with Crippen LogP contribution < -0.4 is 5.32 Å². The van der Waals surface area contributed by atoms with Gasteiger partial charge >= 0.3 is 0 Å². The Morgan fingerprint density at radius 2 is 2.09 bits per heavy atom. The third-order valence-electron chi connectivity index (χ3n) is 4.80. The maximum atomic E-state index is 6.05. The number of nitrogens with zero attached hydrogens (tertiary/aromatic N) is 3. The van der Waals surface area contributed by atoms with Gasteiger partial charge in [0.25, 0.3) is 0 Å². The lowest BCUT2D eigenvalue weighted by Gasteiger charge is -2.45. The van der Waals surface area contributed by atoms with Gasteiger partial charge in [0.05, 0.1) is 12.2 Å². The second-order valence-corrected chi connectivity index (χ2v) is 6.15. The van der Waals surface area contributed by atoms with Crippen LogP contribution in [0.3, 0.4) is 0 Å². The second kappa shape index (κ2) is 9.08. The first-order chi connectivity index (χ1) is 9.77. The lowest BCUT2D eigenvalue weighted by Crippen LogP contribution is -2.56. The number of piperidine rings is 1. The molecule has 128 valence electrons. The summed E-state index contributed by atoms with van der Waals surface area (Å²) in [5, 5.41) is 7.75. The summed E-state index contributed by atoms with van der Waals surface area (Å²) in [6.45, 7) is 8.56. The van der Waals surface area contributed by atoms with Crippen molar-refractivity contribution in [1.29, 1.82) is 0 Å². The molecule has 22 heavy (non-hydrogen) atoms. The van der Waals surface area contributed by atoms with E-state index < -0.39 is 0 Å². The minimum Gasteiger partial charge on any atom is -0.372 e. The molecule has 3 heterocycles. The Bertz CT molecular complexity index is 400. The summed E-state index contributed by atoms with van der Waals surface area (Å²) >= 11 is 0. The molecule has 0 aliphatic carbocycles. The molecule has 3 rings (SSSR count). The number of aryl methyl sites for hydroxylation is 1. The zero-order valence-electron chi connectivity index (χ0n) is 13.2. The van der Waals surface area contributed by atoms with Gasteiger partial charge in [-0.1, -0.05) is 0 Å². The minimum absolute atomic E-state index is 0. The molecule has 2 fully saturated rings. The van der Waals surface area contributed by atoms with Crippen molar-refractivity contribution >= 4 is 24.8 Å². The Kier molecular flexibility index (Phi) is 8.14. The average Bonchev–Trinajstić information content (AvgIpc) is 3.00. The van der Waals surface area contributed by atoms with E-state index in [4.69, 9.17) is 4.74 Å². The van der Waals surface area contributed by atoms with Crippen LogP contribution in [0.5, 0.6) is 0 Å². The normalized spacial score (nSPS) is 22.6. The van der Waals surface area contributed by atoms with Gasteiger partial charge in [-0.15, -0.1) is 24.8 Å². The quantitative estimate of drug-likeness (QED) is 0.901. The van der Waals surface area contributed by atoms with Crippen molar-refractivity contribution in [3.05, 3.63) is 18.5 Å². The first-order valence-electron chi connectivity index (χ1n) is 7.84. The first kappa shape index (κ1) is 19.7. The molecule has 1 aromatic rings. The van der Waals surface area contributed by atoms with E-state index in [9.17, 15) is 0 Å². The van der Waals surface area contributed by atoms with Crippen molar-refractivity contribution in [2.45, 2.75) is 44.4 Å². The lowest BCUT2D eigenvalue weighted by atomic mass is 9.89. The van der Waals surface area contributed by atoms with E-state index >= 15 is 0 Å². The van der Waals surface area contributed by atoms with Crippen molar-refractivity contribution in [3.63, 3.8) is 0 Å². The summed E-state index contributed by atoms with van der Waals surface area (Å²) in [6, 6.07) is 2.61. The molecule has 0 saturated carbocycles. The molecular weight excluding hydrogens is 323 g/mol. The molecule has 2 aliphatic rings. The zero-order valence-corrected chi connectivity index (χ0v) is 14.9. The van der Waals surface area contributed by atoms with Gasteiger partial charge in [0.15, 0.2) is 0 Å². The van der Waals surface area contributed by atoms with Gasteiger partial charge in [-0.2, -0.15) is 5.10 Å². The molecule has 7 heteroatoms. The number of ether oxygens (including phenoxy) is 1. The topological polar surface area (TPSA) is 42.3 Å². The summed E-state index contributed by atoms with van der Waals surface area (Å²) in [6.07, 6.45) is 7.37. The Balaban J connectivity index is 0.00000121. The Labute approximate surface area is 145 Å². The fourth-order valence-corrected chi connectivity index (χ4v) is 3.33. The summed E-state index contributed by atoms with van der Waals surface area (Å²) < 4.78 is 8.07. The smallest absolute Gasteiger partial charge is 0.0831 e. The maximum absolute atomic E-state index is 6.05. The minimum atomic E-state index is 0. The molecule has 0 aromatic carbocycles. The predicted molar refractivity (Wildman–Crippen MR) is 93.2 cm³/mol. The van der Waals surface area contributed by atoms with Crippen molar-refractivity contribution in [2.24, 2.45) is 0 Å². The number of likely N-dealkylation sites (tertiary alicyclic amines) is 1. The first-order valence-corrected chi connectivity index (χ1v) is 7.84. The van der Waals surface area contributed by atoms with Crippen LogP contribution in [0, 0.1) is 0 Å². The maximum Gasteiger partial charge on any atom is 0.0831 e. The van der Waals surface area contributed by atoms with Gasteiger partial charge in [-0.05, 0) is 32.3 Å². The molecule has 1 spiro atoms. The molecule has 5 nitrogen and oxygen atoms in total. The number of morpholine rings is 1. The molecule has 1 unspecified atom stereocenters. The average molecular weight is 351 g/mol. The third kappa shape index (κ3) is 4.83. The van der Waals surface area contributed by atoms with Crippen LogP contribution in [0.1, 0.15) is 26.2 Å². The zero-order chi connectivity index (χ0) is 13.8. The lowest BCUT2D eigenvalue weighted by molar-refractivity contribution is -0.104. The number of hydrogen-bond acceptors (Lipinski definition) is 4. The van der Waals surface area contributed by atoms with Crippen LogP contribution in [0.2, 0.25) is 0 Å². The summed E-state index contributed by atoms with van der Waals surface area (Å²) in [5.41, 5.74) is 0.121. The third-order valence-corrected chi connectivity index (χ3v) is 4.80. The molecule has 1 aromatic heterocycles. The molecule has 2 saturated heterocycles. The summed E-state index contributed by atoms with van der Waals surface area (Å²) in [5.74, 6) is 0. The molecule has 0 amide bonds. The van der Waals surface area contributed by atoms with Crippen LogP contribution in [-0.2, 0) is 11.3 Å². The molecular formula is C15H28Cl2N4O. The SMILES string of the molecule is CC(CCn1cccn1)N1CCC2(CC1)CNCCO2.Cl.Cl. The fraction of sp³-hybridized carbons (Fsp3) is 0.800. The number of nitrogens with one attached hydrogen (secondary N) is 1. The van der Waals surface area contributed by atoms with Gasteiger partial charge in [-0.3, -0.25) is 4.68 Å². The van der Waals surface area contributed by atoms with E-state index in [1.165, 1.54) is 0 Å². The molecule has 2 aliphatic heterocycles. The Hall–Kier alpha value is -0.330. The number of halogens is 2. The van der Waals surface area contributed by atoms with Gasteiger partial charge in [-0.25, -0.2) is 0 Å². The standard InChI is InChI=1S/C15H26N4O.2ClH/c1-14(3-9-19-8-2-6-17-19)18-10-4-15(5-11-18)13-16-7-12-20-15;;/h2,6,8,14,16H,3-5,7,9-13H2,1H3;2*1H. The van der Waals surface area contributed by atoms with Crippen LogP contribution in [0.25, 0.3) is 0 Å². The highest BCUT2D eigenvalue weighted by Gasteiger charge is 2.37. The van der Waals surface area contributed by atoms with Crippen molar-refractivity contribution in [2.75, 3.05) is 32.8 Å². The van der Waals surface area contributed by atoms with E-state index in [-0.39, 0.29) is 30.4 Å². The predicted octanol–water partition coefficient (Wildman–Crippen LogP) is 1.96. The van der Waals surface area contributed by atoms with Crippen LogP contribution in [0.4, 0.5) is 0 Å². The van der Waals surface area contributed by atoms with E-state index in [1.54, 1.807) is 0 Å². The number of hydrogen-bond donors (Lipinski definition) is 1. The monoisotopic (exact) mass is 350 g/mol. The highest BCUT2D eigenvalue weighted by Crippen LogP contribution is 2.28. The second-order valence-electron chi connectivity index (χ2n) is 6.15. The fourth-order valence-electron chi connectivity index (χ4n) is 3.33. The van der Waals surface area contributed by atoms with E-state index in [0.717, 1.165) is 58.6 Å². The van der Waals surface area contributed by atoms with Crippen molar-refractivity contribution < 1.29 is 4.74 Å². The van der Waals surface area contributed by atoms with Gasteiger partial charge in [0, 0.05) is 51.2 Å². The van der Waals surface area contributed by atoms with Gasteiger partial charge in [0.1, 0.15) is 0 Å². The molecule has 0 radical (unpaired) electrons. The van der Waals surface area contributed by atoms with E-state index in [1.807, 2.05) is 23.1 Å². The van der Waals surface area contributed by atoms with Crippen LogP contribution in [-0.4, -0.2) is 59.1 Å². The summed E-state index contributed by atoms with van der Waals surface area (Å²) in [7, 11) is 0. The molecule has 1 N–H and O–H groups in total. The summed E-state index contributed by atoms with van der Waals surface area (Å²) in [4.78, 5) is 2.60. The van der Waals surface area contributed by atoms with Crippen molar-refractivity contribution in [1.82, 2.24) is 20.0 Å². The number of rotatable bonds is 4. The highest BCUT2D eigenvalue weighted by molar-refractivity contribution is 5.85. The molecule has 0 bridgehead atoms. The van der Waals surface area contributed by atoms with Crippen LogP contribution in [0.15, 0.2) is 18.5 Å². The van der Waals surface area contributed by atoms with E-state index in [0.29, 0.717) is 6.04 Å². The molecule has 1 atom stereocenters.